The van der Waals surface area contributed by atoms with E-state index < -0.39 is 0 Å². The first-order valence-corrected chi connectivity index (χ1v) is 7.61. The molecule has 3 rings (SSSR count). The second-order valence-corrected chi connectivity index (χ2v) is 5.83. The van der Waals surface area contributed by atoms with Gasteiger partial charge in [-0.15, -0.1) is 16.5 Å². The zero-order chi connectivity index (χ0) is 14.7. The molecule has 8 heteroatoms. The monoisotopic (exact) mass is 303 g/mol. The molecular formula is C13H17N7S. The summed E-state index contributed by atoms with van der Waals surface area (Å²) in [7, 11) is 2.11. The van der Waals surface area contributed by atoms with Crippen molar-refractivity contribution in [1.82, 2.24) is 14.9 Å². The van der Waals surface area contributed by atoms with E-state index in [9.17, 15) is 0 Å². The normalized spacial score (nSPS) is 16.7. The highest BCUT2D eigenvalue weighted by Crippen LogP contribution is 2.30. The molecule has 1 fully saturated rings. The predicted molar refractivity (Wildman–Crippen MR) is 83.8 cm³/mol. The number of hydrogen-bond donors (Lipinski definition) is 1. The Morgan fingerprint density at radius 1 is 1.29 bits per heavy atom. The fourth-order valence-electron chi connectivity index (χ4n) is 2.28. The molecule has 0 atom stereocenters. The Kier molecular flexibility index (Phi) is 4.07. The lowest BCUT2D eigenvalue weighted by Crippen LogP contribution is -2.44. The van der Waals surface area contributed by atoms with Gasteiger partial charge in [0.25, 0.3) is 0 Å². The number of nitrogens with zero attached hydrogens (tertiary/aromatic N) is 6. The standard InChI is InChI=1S/C13H17N7S/c1-19-4-6-20(7-5-19)13-12(17-18-14)16-10(9-15-13)11-3-2-8-21-11/h2-3,8-9H,4-7H2,1H3,(H2,14,16,17). The number of hydrogen-bond acceptors (Lipinski definition) is 7. The molecule has 2 aromatic rings. The molecule has 0 bridgehead atoms. The third-order valence-electron chi connectivity index (χ3n) is 3.46. The van der Waals surface area contributed by atoms with E-state index in [2.05, 4.69) is 37.2 Å². The lowest BCUT2D eigenvalue weighted by atomic mass is 10.3. The Balaban J connectivity index is 1.93. The number of likely N-dealkylation sites (N-methyl/N-ethyl adjacent to an activating group) is 1. The van der Waals surface area contributed by atoms with Crippen molar-refractivity contribution in [2.45, 2.75) is 0 Å². The number of nitrogens with two attached hydrogens (primary N) is 1. The molecule has 1 aliphatic rings. The van der Waals surface area contributed by atoms with Crippen LogP contribution in [0.25, 0.3) is 10.6 Å². The van der Waals surface area contributed by atoms with Gasteiger partial charge in [-0.1, -0.05) is 11.3 Å². The Hall–Kier alpha value is -2.06. The van der Waals surface area contributed by atoms with Crippen LogP contribution in [0.3, 0.4) is 0 Å². The fourth-order valence-corrected chi connectivity index (χ4v) is 2.96. The van der Waals surface area contributed by atoms with Crippen LogP contribution in [0, 0.1) is 0 Å². The maximum Gasteiger partial charge on any atom is 0.219 e. The van der Waals surface area contributed by atoms with Gasteiger partial charge in [-0.05, 0) is 18.5 Å². The number of piperazine rings is 1. The van der Waals surface area contributed by atoms with Crippen LogP contribution in [0.15, 0.2) is 34.0 Å². The number of anilines is 1. The predicted octanol–water partition coefficient (Wildman–Crippen LogP) is 1.91. The molecule has 3 heterocycles. The minimum atomic E-state index is 0.480. The van der Waals surface area contributed by atoms with E-state index >= 15 is 0 Å². The second kappa shape index (κ2) is 6.15. The van der Waals surface area contributed by atoms with Gasteiger partial charge in [0.2, 0.25) is 5.82 Å². The lowest BCUT2D eigenvalue weighted by molar-refractivity contribution is 0.312. The molecule has 1 saturated heterocycles. The zero-order valence-electron chi connectivity index (χ0n) is 11.8. The van der Waals surface area contributed by atoms with Crippen molar-refractivity contribution < 1.29 is 0 Å². The molecule has 0 saturated carbocycles. The van der Waals surface area contributed by atoms with Crippen molar-refractivity contribution in [1.29, 1.82) is 0 Å². The summed E-state index contributed by atoms with van der Waals surface area (Å²) in [6.07, 6.45) is 1.79. The largest absolute Gasteiger partial charge is 0.351 e. The maximum atomic E-state index is 5.22. The molecule has 0 aromatic carbocycles. The molecule has 7 nitrogen and oxygen atoms in total. The first-order chi connectivity index (χ1) is 10.3. The Morgan fingerprint density at radius 2 is 2.10 bits per heavy atom. The van der Waals surface area contributed by atoms with Crippen LogP contribution in [-0.4, -0.2) is 48.1 Å². The molecule has 0 spiro atoms. The van der Waals surface area contributed by atoms with E-state index in [1.165, 1.54) is 0 Å². The van der Waals surface area contributed by atoms with E-state index in [1.54, 1.807) is 17.5 Å². The van der Waals surface area contributed by atoms with Crippen LogP contribution in [-0.2, 0) is 0 Å². The molecule has 21 heavy (non-hydrogen) atoms. The second-order valence-electron chi connectivity index (χ2n) is 4.89. The number of thiophene rings is 1. The maximum absolute atomic E-state index is 5.22. The van der Waals surface area contributed by atoms with Crippen molar-refractivity contribution in [3.8, 4) is 10.6 Å². The Morgan fingerprint density at radius 3 is 2.76 bits per heavy atom. The molecular weight excluding hydrogens is 286 g/mol. The van der Waals surface area contributed by atoms with Gasteiger partial charge in [-0.25, -0.2) is 9.97 Å². The number of rotatable bonds is 3. The van der Waals surface area contributed by atoms with E-state index in [-0.39, 0.29) is 0 Å². The highest BCUT2D eigenvalue weighted by Gasteiger charge is 2.20. The summed E-state index contributed by atoms with van der Waals surface area (Å²) in [6, 6.07) is 3.99. The first-order valence-electron chi connectivity index (χ1n) is 6.73. The quantitative estimate of drug-likeness (QED) is 0.532. The van der Waals surface area contributed by atoms with Crippen molar-refractivity contribution in [3.05, 3.63) is 23.7 Å². The van der Waals surface area contributed by atoms with Crippen LogP contribution >= 0.6 is 11.3 Å². The van der Waals surface area contributed by atoms with Gasteiger partial charge < -0.3 is 15.6 Å². The van der Waals surface area contributed by atoms with Gasteiger partial charge in [-0.2, -0.15) is 0 Å². The zero-order valence-corrected chi connectivity index (χ0v) is 12.6. The lowest BCUT2D eigenvalue weighted by Gasteiger charge is -2.33. The van der Waals surface area contributed by atoms with Crippen LogP contribution < -0.4 is 10.7 Å². The van der Waals surface area contributed by atoms with Crippen molar-refractivity contribution in [3.63, 3.8) is 0 Å². The summed E-state index contributed by atoms with van der Waals surface area (Å²) in [5.41, 5.74) is 0.797. The van der Waals surface area contributed by atoms with Gasteiger partial charge >= 0.3 is 0 Å². The topological polar surface area (TPSA) is 83.0 Å². The molecule has 0 aliphatic carbocycles. The average Bonchev–Trinajstić information content (AvgIpc) is 3.03. The Bertz CT molecular complexity index is 617. The van der Waals surface area contributed by atoms with Gasteiger partial charge in [0.05, 0.1) is 11.1 Å². The van der Waals surface area contributed by atoms with Crippen LogP contribution in [0.4, 0.5) is 11.6 Å². The molecule has 1 aliphatic heterocycles. The van der Waals surface area contributed by atoms with Gasteiger partial charge in [0, 0.05) is 26.2 Å². The molecule has 0 amide bonds. The smallest absolute Gasteiger partial charge is 0.219 e. The minimum Gasteiger partial charge on any atom is -0.351 e. The molecule has 0 unspecified atom stereocenters. The Labute approximate surface area is 127 Å². The molecule has 2 N–H and O–H groups in total. The third-order valence-corrected chi connectivity index (χ3v) is 4.36. The van der Waals surface area contributed by atoms with Crippen molar-refractivity contribution in [2.75, 3.05) is 38.1 Å². The van der Waals surface area contributed by atoms with E-state index in [0.29, 0.717) is 5.82 Å². The van der Waals surface area contributed by atoms with E-state index in [0.717, 1.165) is 42.6 Å². The van der Waals surface area contributed by atoms with Crippen LogP contribution in [0.1, 0.15) is 0 Å². The summed E-state index contributed by atoms with van der Waals surface area (Å²) in [5, 5.41) is 9.35. The van der Waals surface area contributed by atoms with E-state index in [1.807, 2.05) is 17.5 Å². The van der Waals surface area contributed by atoms with Gasteiger partial charge in [-0.3, -0.25) is 0 Å². The third kappa shape index (κ3) is 3.01. The summed E-state index contributed by atoms with van der Waals surface area (Å²) >= 11 is 1.62. The van der Waals surface area contributed by atoms with Crippen LogP contribution in [0.5, 0.6) is 0 Å². The molecule has 0 radical (unpaired) electrons. The summed E-state index contributed by atoms with van der Waals surface area (Å²) in [4.78, 5) is 14.6. The summed E-state index contributed by atoms with van der Waals surface area (Å²) in [6.45, 7) is 3.79. The van der Waals surface area contributed by atoms with E-state index in [4.69, 9.17) is 5.84 Å². The minimum absolute atomic E-state index is 0.480. The molecule has 110 valence electrons. The average molecular weight is 303 g/mol. The number of aromatic nitrogens is 2. The fraction of sp³-hybridized carbons (Fsp3) is 0.385. The van der Waals surface area contributed by atoms with Gasteiger partial charge in [0.1, 0.15) is 5.69 Å². The first kappa shape index (κ1) is 13.9. The highest BCUT2D eigenvalue weighted by atomic mass is 32.1. The molecule has 2 aromatic heterocycles. The van der Waals surface area contributed by atoms with Gasteiger partial charge in [0.15, 0.2) is 5.82 Å². The SMILES string of the molecule is CN1CCN(c2ncc(-c3cccs3)nc2N=NN)CC1. The van der Waals surface area contributed by atoms with Crippen LogP contribution in [0.2, 0.25) is 0 Å². The summed E-state index contributed by atoms with van der Waals surface area (Å²) in [5.74, 6) is 6.44. The summed E-state index contributed by atoms with van der Waals surface area (Å²) < 4.78 is 0. The highest BCUT2D eigenvalue weighted by molar-refractivity contribution is 7.13. The van der Waals surface area contributed by atoms with Crippen molar-refractivity contribution >= 4 is 23.0 Å². The van der Waals surface area contributed by atoms with Crippen molar-refractivity contribution in [2.24, 2.45) is 16.2 Å².